The lowest BCUT2D eigenvalue weighted by molar-refractivity contribution is 1.27. The van der Waals surface area contributed by atoms with E-state index < -0.39 is 6.04 Å². The van der Waals surface area contributed by atoms with Crippen LogP contribution in [0.3, 0.4) is 0 Å². The van der Waals surface area contributed by atoms with Crippen molar-refractivity contribution in [1.29, 1.82) is 0 Å². The van der Waals surface area contributed by atoms with Crippen LogP contribution in [0.4, 0.5) is 0 Å². The van der Waals surface area contributed by atoms with Crippen molar-refractivity contribution in [2.75, 3.05) is 0 Å². The molecular formula is C22H17N. The molecule has 3 aromatic carbocycles. The Morgan fingerprint density at radius 3 is 2.48 bits per heavy atom. The summed E-state index contributed by atoms with van der Waals surface area (Å²) in [6.45, 7) is 1.84. The fraction of sp³-hybridized carbons (Fsp3) is 0.0455. The zero-order valence-electron chi connectivity index (χ0n) is 17.6. The lowest BCUT2D eigenvalue weighted by Gasteiger charge is -2.10. The van der Waals surface area contributed by atoms with E-state index >= 15 is 0 Å². The van der Waals surface area contributed by atoms with Crippen molar-refractivity contribution in [2.45, 2.75) is 6.92 Å². The topological polar surface area (TPSA) is 12.9 Å². The Bertz CT molecular complexity index is 1200. The summed E-state index contributed by atoms with van der Waals surface area (Å²) in [5.41, 5.74) is 3.25. The van der Waals surface area contributed by atoms with Crippen molar-refractivity contribution in [3.05, 3.63) is 90.5 Å². The third kappa shape index (κ3) is 2.51. The van der Waals surface area contributed by atoms with Gasteiger partial charge in [-0.25, -0.2) is 0 Å². The standard InChI is InChI=1S/C22H17N/c1-16-14-19(15-23-22(16)18-9-3-2-4-10-18)21-13-7-11-17-8-5-6-12-20(17)21/h2-15H,1H3/i2D,3D,4D,9D,10D. The number of benzene rings is 3. The van der Waals surface area contributed by atoms with E-state index in [-0.39, 0.29) is 29.7 Å². The lowest BCUT2D eigenvalue weighted by atomic mass is 9.97. The van der Waals surface area contributed by atoms with Gasteiger partial charge in [0.2, 0.25) is 0 Å². The Hall–Kier alpha value is -2.93. The number of aromatic nitrogens is 1. The maximum Gasteiger partial charge on any atom is 0.0731 e. The highest BCUT2D eigenvalue weighted by molar-refractivity contribution is 5.96. The second-order valence-electron chi connectivity index (χ2n) is 5.42. The second kappa shape index (κ2) is 5.69. The van der Waals surface area contributed by atoms with E-state index in [0.29, 0.717) is 5.69 Å². The molecule has 0 aliphatic rings. The molecule has 0 spiro atoms. The molecule has 0 fully saturated rings. The Labute approximate surface area is 143 Å². The summed E-state index contributed by atoms with van der Waals surface area (Å²) in [6, 6.07) is 14.6. The SMILES string of the molecule is [2H]c1c([2H])c([2H])c(-c2ncc(-c3cccc4ccccc34)cc2C)c([2H])c1[2H]. The molecule has 0 radical (unpaired) electrons. The summed E-state index contributed by atoms with van der Waals surface area (Å²) in [5.74, 6) is 0. The monoisotopic (exact) mass is 300 g/mol. The van der Waals surface area contributed by atoms with E-state index in [0.717, 1.165) is 27.5 Å². The van der Waals surface area contributed by atoms with Gasteiger partial charge in [-0.05, 0) is 34.9 Å². The van der Waals surface area contributed by atoms with Crippen LogP contribution in [-0.4, -0.2) is 4.98 Å². The first kappa shape index (κ1) is 9.26. The van der Waals surface area contributed by atoms with Gasteiger partial charge in [-0.2, -0.15) is 0 Å². The van der Waals surface area contributed by atoms with Crippen LogP contribution in [0.25, 0.3) is 33.2 Å². The molecular weight excluding hydrogens is 278 g/mol. The molecule has 1 heteroatoms. The minimum atomic E-state index is -0.399. The summed E-state index contributed by atoms with van der Waals surface area (Å²) in [4.78, 5) is 4.50. The van der Waals surface area contributed by atoms with Gasteiger partial charge in [-0.3, -0.25) is 4.98 Å². The number of aryl methyl sites for hydroxylation is 1. The van der Waals surface area contributed by atoms with Gasteiger partial charge in [0.1, 0.15) is 0 Å². The summed E-state index contributed by atoms with van der Waals surface area (Å²) in [7, 11) is 0. The molecule has 0 aliphatic heterocycles. The molecule has 1 aromatic heterocycles. The second-order valence-corrected chi connectivity index (χ2v) is 5.42. The molecule has 4 aromatic rings. The maximum absolute atomic E-state index is 8.18. The van der Waals surface area contributed by atoms with Gasteiger partial charge in [-0.15, -0.1) is 0 Å². The predicted molar refractivity (Wildman–Crippen MR) is 97.4 cm³/mol. The van der Waals surface area contributed by atoms with Crippen LogP contribution < -0.4 is 0 Å². The molecule has 0 aliphatic carbocycles. The fourth-order valence-corrected chi connectivity index (χ4v) is 2.83. The number of hydrogen-bond acceptors (Lipinski definition) is 1. The molecule has 0 saturated carbocycles. The molecule has 1 nitrogen and oxygen atoms in total. The first-order chi connectivity index (χ1) is 13.4. The van der Waals surface area contributed by atoms with E-state index in [1.165, 1.54) is 0 Å². The molecule has 0 amide bonds. The first-order valence-corrected chi connectivity index (χ1v) is 7.42. The number of hydrogen-bond donors (Lipinski definition) is 0. The predicted octanol–water partition coefficient (Wildman–Crippen LogP) is 5.88. The average molecular weight is 300 g/mol. The highest BCUT2D eigenvalue weighted by Gasteiger charge is 2.08. The van der Waals surface area contributed by atoms with Gasteiger partial charge in [0.05, 0.1) is 12.5 Å². The van der Waals surface area contributed by atoms with E-state index in [4.69, 9.17) is 6.85 Å². The van der Waals surface area contributed by atoms with Crippen molar-refractivity contribution in [1.82, 2.24) is 4.98 Å². The Morgan fingerprint density at radius 2 is 1.65 bits per heavy atom. The quantitative estimate of drug-likeness (QED) is 0.450. The van der Waals surface area contributed by atoms with Gasteiger partial charge in [0.15, 0.2) is 0 Å². The third-order valence-electron chi connectivity index (χ3n) is 3.92. The fourth-order valence-electron chi connectivity index (χ4n) is 2.83. The highest BCUT2D eigenvalue weighted by Crippen LogP contribution is 2.30. The van der Waals surface area contributed by atoms with Crippen molar-refractivity contribution in [3.8, 4) is 22.4 Å². The minimum Gasteiger partial charge on any atom is -0.255 e. The summed E-state index contributed by atoms with van der Waals surface area (Å²) in [5, 5.41) is 2.24. The van der Waals surface area contributed by atoms with Gasteiger partial charge < -0.3 is 0 Å². The normalized spacial score (nSPS) is 13.9. The lowest BCUT2D eigenvalue weighted by Crippen LogP contribution is -1.90. The third-order valence-corrected chi connectivity index (χ3v) is 3.92. The Kier molecular flexibility index (Phi) is 2.29. The molecule has 4 rings (SSSR count). The zero-order valence-corrected chi connectivity index (χ0v) is 12.6. The van der Waals surface area contributed by atoms with E-state index in [1.807, 2.05) is 37.3 Å². The van der Waals surface area contributed by atoms with Crippen LogP contribution in [0.1, 0.15) is 12.4 Å². The van der Waals surface area contributed by atoms with Crippen molar-refractivity contribution >= 4 is 10.8 Å². The van der Waals surface area contributed by atoms with Gasteiger partial charge >= 0.3 is 0 Å². The number of rotatable bonds is 2. The smallest absolute Gasteiger partial charge is 0.0731 e. The molecule has 110 valence electrons. The van der Waals surface area contributed by atoms with E-state index in [9.17, 15) is 0 Å². The van der Waals surface area contributed by atoms with Crippen LogP contribution in [0, 0.1) is 6.92 Å². The summed E-state index contributed by atoms with van der Waals surface area (Å²) in [6.07, 6.45) is 1.70. The van der Waals surface area contributed by atoms with Crippen molar-refractivity contribution < 1.29 is 6.85 Å². The molecule has 1 heterocycles. The Morgan fingerprint density at radius 1 is 0.870 bits per heavy atom. The molecule has 0 bridgehead atoms. The summed E-state index contributed by atoms with van der Waals surface area (Å²) >= 11 is 0. The van der Waals surface area contributed by atoms with Gasteiger partial charge in [-0.1, -0.05) is 72.7 Å². The van der Waals surface area contributed by atoms with Crippen molar-refractivity contribution in [3.63, 3.8) is 0 Å². The first-order valence-electron chi connectivity index (χ1n) is 9.92. The minimum absolute atomic E-state index is 0.132. The largest absolute Gasteiger partial charge is 0.255 e. The van der Waals surface area contributed by atoms with Crippen LogP contribution in [-0.2, 0) is 0 Å². The van der Waals surface area contributed by atoms with Crippen LogP contribution in [0.15, 0.2) is 84.9 Å². The van der Waals surface area contributed by atoms with Crippen LogP contribution in [0.5, 0.6) is 0 Å². The zero-order chi connectivity index (χ0) is 20.0. The summed E-state index contributed by atoms with van der Waals surface area (Å²) < 4.78 is 39.9. The molecule has 0 saturated heterocycles. The van der Waals surface area contributed by atoms with Crippen LogP contribution in [0.2, 0.25) is 0 Å². The number of pyridine rings is 1. The highest BCUT2D eigenvalue weighted by atomic mass is 14.7. The molecule has 0 atom stereocenters. The Balaban J connectivity index is 1.91. The van der Waals surface area contributed by atoms with Crippen LogP contribution >= 0.6 is 0 Å². The molecule has 23 heavy (non-hydrogen) atoms. The van der Waals surface area contributed by atoms with E-state index in [2.05, 4.69) is 23.2 Å². The maximum atomic E-state index is 8.18. The molecule has 0 unspecified atom stereocenters. The van der Waals surface area contributed by atoms with Gasteiger partial charge in [0.25, 0.3) is 0 Å². The number of fused-ring (bicyclic) bond motifs is 1. The number of nitrogens with zero attached hydrogens (tertiary/aromatic N) is 1. The van der Waals surface area contributed by atoms with Gasteiger partial charge in [0, 0.05) is 17.3 Å². The molecule has 0 N–H and O–H groups in total. The van der Waals surface area contributed by atoms with Crippen molar-refractivity contribution in [2.24, 2.45) is 0 Å². The van der Waals surface area contributed by atoms with E-state index in [1.54, 1.807) is 6.20 Å². The average Bonchev–Trinajstić information content (AvgIpc) is 2.71.